The molecular formula is C21H20Cl2N4O3. The Kier molecular flexibility index (Phi) is 6.97. The summed E-state index contributed by atoms with van der Waals surface area (Å²) in [4.78, 5) is 24.6. The van der Waals surface area contributed by atoms with E-state index in [1.54, 1.807) is 53.3 Å². The van der Waals surface area contributed by atoms with Gasteiger partial charge in [0.05, 0.1) is 10.7 Å². The first kappa shape index (κ1) is 21.7. The second kappa shape index (κ2) is 9.65. The Labute approximate surface area is 183 Å². The minimum absolute atomic E-state index is 0.164. The Balaban J connectivity index is 1.67. The standard InChI is InChI=1S/C21H20Cl2N4O3/c1-3-27-11-17(19(26-27)21(29)24-2)25-20(28)14-6-4-13(5-7-14)12-30-18-9-8-15(22)10-16(18)23/h4-11H,3,12H2,1-2H3,(H,24,29)(H,25,28). The molecule has 0 radical (unpaired) electrons. The van der Waals surface area contributed by atoms with Crippen LogP contribution in [0.25, 0.3) is 0 Å². The van der Waals surface area contributed by atoms with E-state index in [4.69, 9.17) is 27.9 Å². The molecule has 30 heavy (non-hydrogen) atoms. The predicted octanol–water partition coefficient (Wildman–Crippen LogP) is 4.40. The van der Waals surface area contributed by atoms with Gasteiger partial charge in [-0.05, 0) is 42.8 Å². The molecule has 3 rings (SSSR count). The van der Waals surface area contributed by atoms with Crippen molar-refractivity contribution in [2.24, 2.45) is 0 Å². The first-order valence-corrected chi connectivity index (χ1v) is 9.94. The van der Waals surface area contributed by atoms with E-state index in [-0.39, 0.29) is 24.1 Å². The number of aromatic nitrogens is 2. The first-order valence-electron chi connectivity index (χ1n) is 9.19. The van der Waals surface area contributed by atoms with Crippen molar-refractivity contribution in [3.05, 3.63) is 75.5 Å². The molecule has 1 aromatic heterocycles. The van der Waals surface area contributed by atoms with Crippen LogP contribution in [0.4, 0.5) is 5.69 Å². The van der Waals surface area contributed by atoms with Crippen molar-refractivity contribution < 1.29 is 14.3 Å². The summed E-state index contributed by atoms with van der Waals surface area (Å²) in [6.07, 6.45) is 1.63. The van der Waals surface area contributed by atoms with Crippen LogP contribution in [0.5, 0.6) is 5.75 Å². The molecule has 9 heteroatoms. The highest BCUT2D eigenvalue weighted by atomic mass is 35.5. The average Bonchev–Trinajstić information content (AvgIpc) is 3.15. The van der Waals surface area contributed by atoms with Crippen LogP contribution in [-0.4, -0.2) is 28.6 Å². The lowest BCUT2D eigenvalue weighted by Gasteiger charge is -2.09. The second-order valence-corrected chi connectivity index (χ2v) is 7.18. The molecule has 0 saturated heterocycles. The van der Waals surface area contributed by atoms with Crippen LogP contribution in [0.2, 0.25) is 10.0 Å². The number of ether oxygens (including phenoxy) is 1. The number of halogens is 2. The molecule has 2 aromatic carbocycles. The molecule has 2 N–H and O–H groups in total. The quantitative estimate of drug-likeness (QED) is 0.562. The van der Waals surface area contributed by atoms with Crippen LogP contribution in [0.15, 0.2) is 48.7 Å². The normalized spacial score (nSPS) is 10.5. The fourth-order valence-corrected chi connectivity index (χ4v) is 3.12. The Morgan fingerprint density at radius 2 is 1.83 bits per heavy atom. The fourth-order valence-electron chi connectivity index (χ4n) is 2.66. The van der Waals surface area contributed by atoms with Gasteiger partial charge in [0.2, 0.25) is 0 Å². The molecule has 7 nitrogen and oxygen atoms in total. The summed E-state index contributed by atoms with van der Waals surface area (Å²) in [5.74, 6) is -0.188. The van der Waals surface area contributed by atoms with Crippen LogP contribution < -0.4 is 15.4 Å². The zero-order valence-corrected chi connectivity index (χ0v) is 17.9. The van der Waals surface area contributed by atoms with Gasteiger partial charge in [0.15, 0.2) is 5.69 Å². The van der Waals surface area contributed by atoms with Gasteiger partial charge in [-0.2, -0.15) is 5.10 Å². The number of amides is 2. The van der Waals surface area contributed by atoms with Gasteiger partial charge in [-0.1, -0.05) is 35.3 Å². The van der Waals surface area contributed by atoms with Crippen LogP contribution in [0.3, 0.4) is 0 Å². The van der Waals surface area contributed by atoms with Crippen molar-refractivity contribution in [2.75, 3.05) is 12.4 Å². The van der Waals surface area contributed by atoms with Crippen molar-refractivity contribution in [1.82, 2.24) is 15.1 Å². The van der Waals surface area contributed by atoms with E-state index in [1.807, 2.05) is 6.92 Å². The molecule has 0 aliphatic heterocycles. The van der Waals surface area contributed by atoms with E-state index >= 15 is 0 Å². The Hall–Kier alpha value is -3.03. The summed E-state index contributed by atoms with van der Waals surface area (Å²) >= 11 is 12.0. The molecule has 0 bridgehead atoms. The van der Waals surface area contributed by atoms with Crippen molar-refractivity contribution in [1.29, 1.82) is 0 Å². The zero-order valence-electron chi connectivity index (χ0n) is 16.4. The highest BCUT2D eigenvalue weighted by Crippen LogP contribution is 2.28. The molecule has 0 spiro atoms. The van der Waals surface area contributed by atoms with E-state index in [9.17, 15) is 9.59 Å². The fraction of sp³-hybridized carbons (Fsp3) is 0.190. The number of aryl methyl sites for hydroxylation is 1. The van der Waals surface area contributed by atoms with E-state index in [2.05, 4.69) is 15.7 Å². The first-order chi connectivity index (χ1) is 14.4. The van der Waals surface area contributed by atoms with Gasteiger partial charge in [-0.3, -0.25) is 14.3 Å². The summed E-state index contributed by atoms with van der Waals surface area (Å²) in [6.45, 7) is 2.75. The molecule has 2 amide bonds. The van der Waals surface area contributed by atoms with E-state index in [0.717, 1.165) is 5.56 Å². The summed E-state index contributed by atoms with van der Waals surface area (Å²) in [5.41, 5.74) is 1.82. The number of nitrogens with zero attached hydrogens (tertiary/aromatic N) is 2. The highest BCUT2D eigenvalue weighted by molar-refractivity contribution is 6.35. The smallest absolute Gasteiger partial charge is 0.273 e. The molecule has 1 heterocycles. The monoisotopic (exact) mass is 446 g/mol. The summed E-state index contributed by atoms with van der Waals surface area (Å²) < 4.78 is 7.28. The van der Waals surface area contributed by atoms with E-state index in [0.29, 0.717) is 33.6 Å². The maximum atomic E-state index is 12.6. The molecule has 0 aliphatic carbocycles. The number of rotatable bonds is 7. The maximum Gasteiger partial charge on any atom is 0.273 e. The van der Waals surface area contributed by atoms with Crippen LogP contribution >= 0.6 is 23.2 Å². The summed E-state index contributed by atoms with van der Waals surface area (Å²) in [7, 11) is 1.51. The van der Waals surface area contributed by atoms with Gasteiger partial charge in [0, 0.05) is 30.4 Å². The van der Waals surface area contributed by atoms with E-state index in [1.165, 1.54) is 7.05 Å². The van der Waals surface area contributed by atoms with Crippen LogP contribution in [-0.2, 0) is 13.2 Å². The third-order valence-electron chi connectivity index (χ3n) is 4.28. The molecule has 0 atom stereocenters. The number of hydrogen-bond donors (Lipinski definition) is 2. The zero-order chi connectivity index (χ0) is 21.7. The van der Waals surface area contributed by atoms with Crippen LogP contribution in [0.1, 0.15) is 33.3 Å². The lowest BCUT2D eigenvalue weighted by atomic mass is 10.1. The van der Waals surface area contributed by atoms with Crippen molar-refractivity contribution >= 4 is 40.7 Å². The maximum absolute atomic E-state index is 12.6. The average molecular weight is 447 g/mol. The van der Waals surface area contributed by atoms with Crippen LogP contribution in [0, 0.1) is 0 Å². The van der Waals surface area contributed by atoms with Crippen molar-refractivity contribution in [3.8, 4) is 5.75 Å². The van der Waals surface area contributed by atoms with Gasteiger partial charge >= 0.3 is 0 Å². The van der Waals surface area contributed by atoms with Crippen molar-refractivity contribution in [2.45, 2.75) is 20.1 Å². The lowest BCUT2D eigenvalue weighted by Crippen LogP contribution is -2.21. The van der Waals surface area contributed by atoms with E-state index < -0.39 is 0 Å². The number of benzene rings is 2. The summed E-state index contributed by atoms with van der Waals surface area (Å²) in [5, 5.41) is 10.4. The van der Waals surface area contributed by atoms with Crippen molar-refractivity contribution in [3.63, 3.8) is 0 Å². The Morgan fingerprint density at radius 1 is 1.10 bits per heavy atom. The number of anilines is 1. The molecule has 0 unspecified atom stereocenters. The lowest BCUT2D eigenvalue weighted by molar-refractivity contribution is 0.0958. The summed E-state index contributed by atoms with van der Waals surface area (Å²) in [6, 6.07) is 11.9. The molecule has 156 valence electrons. The number of nitrogens with one attached hydrogen (secondary N) is 2. The third kappa shape index (κ3) is 5.11. The van der Waals surface area contributed by atoms with Gasteiger partial charge < -0.3 is 15.4 Å². The Morgan fingerprint density at radius 3 is 2.47 bits per heavy atom. The molecule has 0 saturated carbocycles. The largest absolute Gasteiger partial charge is 0.487 e. The van der Waals surface area contributed by atoms with Gasteiger partial charge in [0.1, 0.15) is 12.4 Å². The third-order valence-corrected chi connectivity index (χ3v) is 4.81. The number of carbonyl (C=O) groups is 2. The molecule has 0 fully saturated rings. The topological polar surface area (TPSA) is 85.2 Å². The highest BCUT2D eigenvalue weighted by Gasteiger charge is 2.18. The number of carbonyl (C=O) groups excluding carboxylic acids is 2. The van der Waals surface area contributed by atoms with Gasteiger partial charge in [-0.25, -0.2) is 0 Å². The predicted molar refractivity (Wildman–Crippen MR) is 116 cm³/mol. The Bertz CT molecular complexity index is 1060. The molecule has 3 aromatic rings. The minimum atomic E-state index is -0.370. The minimum Gasteiger partial charge on any atom is -0.487 e. The molecular weight excluding hydrogens is 427 g/mol. The SMILES string of the molecule is CCn1cc(NC(=O)c2ccc(COc3ccc(Cl)cc3Cl)cc2)c(C(=O)NC)n1. The molecule has 0 aliphatic rings. The number of hydrogen-bond acceptors (Lipinski definition) is 4. The van der Waals surface area contributed by atoms with Gasteiger partial charge in [-0.15, -0.1) is 0 Å². The second-order valence-electron chi connectivity index (χ2n) is 6.34. The van der Waals surface area contributed by atoms with Gasteiger partial charge in [0.25, 0.3) is 11.8 Å².